The van der Waals surface area contributed by atoms with E-state index in [-0.39, 0.29) is 25.1 Å². The predicted molar refractivity (Wildman–Crippen MR) is 105 cm³/mol. The molecule has 6 heteroatoms. The molecule has 0 aromatic carbocycles. The molecule has 0 atom stereocenters. The Bertz CT molecular complexity index is 676. The van der Waals surface area contributed by atoms with Crippen molar-refractivity contribution in [2.75, 3.05) is 18.0 Å². The maximum atomic E-state index is 12.3. The highest BCUT2D eigenvalue weighted by molar-refractivity contribution is 9.10. The zero-order valence-corrected chi connectivity index (χ0v) is 17.6. The Kier molecular flexibility index (Phi) is 5.92. The van der Waals surface area contributed by atoms with Gasteiger partial charge in [-0.25, -0.2) is 0 Å². The number of pyridine rings is 1. The third kappa shape index (κ3) is 3.91. The molecular formula is C20H29BrN2O3. The molecule has 2 heterocycles. The van der Waals surface area contributed by atoms with Gasteiger partial charge in [0, 0.05) is 24.3 Å². The molecule has 1 aromatic rings. The van der Waals surface area contributed by atoms with Gasteiger partial charge in [0.15, 0.2) is 0 Å². The molecule has 0 bridgehead atoms. The zero-order valence-electron chi connectivity index (χ0n) is 16.0. The summed E-state index contributed by atoms with van der Waals surface area (Å²) in [5.74, 6) is -0.234. The fourth-order valence-corrected chi connectivity index (χ4v) is 4.94. The molecule has 1 N–H and O–H groups in total. The largest absolute Gasteiger partial charge is 0.463 e. The van der Waals surface area contributed by atoms with E-state index in [1.807, 2.05) is 20.8 Å². The number of halogens is 1. The van der Waals surface area contributed by atoms with Crippen molar-refractivity contribution in [3.63, 3.8) is 0 Å². The van der Waals surface area contributed by atoms with Crippen molar-refractivity contribution >= 4 is 27.6 Å². The van der Waals surface area contributed by atoms with Crippen molar-refractivity contribution in [2.24, 2.45) is 5.41 Å². The average Bonchev–Trinajstić information content (AvgIpc) is 2.56. The number of nitrogens with zero attached hydrogens (tertiary/aromatic N) is 2. The van der Waals surface area contributed by atoms with E-state index in [1.54, 1.807) is 0 Å². The number of esters is 1. The van der Waals surface area contributed by atoms with Gasteiger partial charge in [-0.05, 0) is 67.8 Å². The first-order valence-corrected chi connectivity index (χ1v) is 10.4. The molecule has 1 saturated heterocycles. The lowest BCUT2D eigenvalue weighted by Crippen LogP contribution is -2.44. The van der Waals surface area contributed by atoms with Gasteiger partial charge in [-0.3, -0.25) is 9.78 Å². The van der Waals surface area contributed by atoms with E-state index >= 15 is 0 Å². The quantitative estimate of drug-likeness (QED) is 0.725. The Labute approximate surface area is 164 Å². The predicted octanol–water partition coefficient (Wildman–Crippen LogP) is 3.91. The van der Waals surface area contributed by atoms with Gasteiger partial charge >= 0.3 is 5.97 Å². The summed E-state index contributed by atoms with van der Waals surface area (Å²) >= 11 is 3.65. The SMILES string of the molecule is Cc1nc(CO)c(Br)c(N2CCC3(CCC3)CC2)c1CC(=O)OC(C)C. The van der Waals surface area contributed by atoms with Crippen molar-refractivity contribution in [2.45, 2.75) is 72.0 Å². The maximum absolute atomic E-state index is 12.3. The third-order valence-corrected chi connectivity index (χ3v) is 6.71. The number of aromatic nitrogens is 1. The van der Waals surface area contributed by atoms with Crippen LogP contribution in [0, 0.1) is 12.3 Å². The van der Waals surface area contributed by atoms with Crippen LogP contribution in [-0.4, -0.2) is 35.3 Å². The number of hydrogen-bond acceptors (Lipinski definition) is 5. The number of rotatable bonds is 5. The maximum Gasteiger partial charge on any atom is 0.310 e. The van der Waals surface area contributed by atoms with Crippen LogP contribution in [0.4, 0.5) is 5.69 Å². The highest BCUT2D eigenvalue weighted by Crippen LogP contribution is 2.50. The van der Waals surface area contributed by atoms with Crippen LogP contribution in [0.25, 0.3) is 0 Å². The van der Waals surface area contributed by atoms with Crippen LogP contribution in [0.1, 0.15) is 62.9 Å². The Hall–Kier alpha value is -1.14. The second kappa shape index (κ2) is 7.85. The second-order valence-corrected chi connectivity index (χ2v) is 8.79. The fraction of sp³-hybridized carbons (Fsp3) is 0.700. The van der Waals surface area contributed by atoms with Crippen molar-refractivity contribution in [3.05, 3.63) is 21.4 Å². The Morgan fingerprint density at radius 1 is 1.31 bits per heavy atom. The van der Waals surface area contributed by atoms with Crippen LogP contribution in [0.2, 0.25) is 0 Å². The minimum absolute atomic E-state index is 0.122. The molecule has 3 rings (SSSR count). The number of ether oxygens (including phenoxy) is 1. The lowest BCUT2D eigenvalue weighted by molar-refractivity contribution is -0.146. The molecule has 1 aliphatic heterocycles. The van der Waals surface area contributed by atoms with Crippen molar-refractivity contribution in [1.82, 2.24) is 4.98 Å². The summed E-state index contributed by atoms with van der Waals surface area (Å²) < 4.78 is 6.17. The van der Waals surface area contributed by atoms with Crippen molar-refractivity contribution in [3.8, 4) is 0 Å². The van der Waals surface area contributed by atoms with Crippen LogP contribution in [0.3, 0.4) is 0 Å². The van der Waals surface area contributed by atoms with Crippen LogP contribution < -0.4 is 4.90 Å². The van der Waals surface area contributed by atoms with Gasteiger partial charge in [0.2, 0.25) is 0 Å². The fourth-order valence-electron chi connectivity index (χ4n) is 4.24. The third-order valence-electron chi connectivity index (χ3n) is 5.88. The number of piperidine rings is 1. The lowest BCUT2D eigenvalue weighted by Gasteiger charge is -2.49. The molecule has 1 saturated carbocycles. The highest BCUT2D eigenvalue weighted by atomic mass is 79.9. The topological polar surface area (TPSA) is 62.7 Å². The normalized spacial score (nSPS) is 18.9. The Morgan fingerprint density at radius 2 is 1.96 bits per heavy atom. The summed E-state index contributed by atoms with van der Waals surface area (Å²) in [4.78, 5) is 19.2. The van der Waals surface area contributed by atoms with Gasteiger partial charge in [-0.1, -0.05) is 6.42 Å². The van der Waals surface area contributed by atoms with Gasteiger partial charge < -0.3 is 14.7 Å². The van der Waals surface area contributed by atoms with Gasteiger partial charge in [0.25, 0.3) is 0 Å². The number of aliphatic hydroxyl groups is 1. The van der Waals surface area contributed by atoms with E-state index < -0.39 is 0 Å². The number of aliphatic hydroxyl groups excluding tert-OH is 1. The second-order valence-electron chi connectivity index (χ2n) is 8.00. The summed E-state index contributed by atoms with van der Waals surface area (Å²) in [5.41, 5.74) is 3.89. The number of anilines is 1. The van der Waals surface area contributed by atoms with Crippen LogP contribution in [0.5, 0.6) is 0 Å². The highest BCUT2D eigenvalue weighted by Gasteiger charge is 2.40. The first-order valence-electron chi connectivity index (χ1n) is 9.58. The van der Waals surface area contributed by atoms with E-state index in [0.717, 1.165) is 34.5 Å². The van der Waals surface area contributed by atoms with Crippen LogP contribution >= 0.6 is 15.9 Å². The number of carbonyl (C=O) groups is 1. The zero-order chi connectivity index (χ0) is 18.9. The summed E-state index contributed by atoms with van der Waals surface area (Å²) in [7, 11) is 0. The first-order chi connectivity index (χ1) is 12.3. The number of carbonyl (C=O) groups excluding carboxylic acids is 1. The van der Waals surface area contributed by atoms with Crippen LogP contribution in [-0.2, 0) is 22.6 Å². The molecule has 0 amide bonds. The average molecular weight is 425 g/mol. The minimum atomic E-state index is -0.234. The molecule has 0 radical (unpaired) electrons. The lowest BCUT2D eigenvalue weighted by atomic mass is 9.63. The van der Waals surface area contributed by atoms with Crippen molar-refractivity contribution in [1.29, 1.82) is 0 Å². The van der Waals surface area contributed by atoms with E-state index in [0.29, 0.717) is 11.1 Å². The molecular weight excluding hydrogens is 396 g/mol. The molecule has 0 unspecified atom stereocenters. The standard InChI is InChI=1S/C20H29BrN2O3/c1-13(2)26-17(25)11-15-14(3)22-16(12-24)18(21)19(15)23-9-7-20(8-10-23)5-4-6-20/h13,24H,4-12H2,1-3H3. The summed E-state index contributed by atoms with van der Waals surface area (Å²) in [6, 6.07) is 0. The molecule has 1 spiro atoms. The van der Waals surface area contributed by atoms with Gasteiger partial charge in [-0.2, -0.15) is 0 Å². The number of hydrogen-bond donors (Lipinski definition) is 1. The molecule has 2 aliphatic rings. The summed E-state index contributed by atoms with van der Waals surface area (Å²) in [6.07, 6.45) is 6.54. The summed E-state index contributed by atoms with van der Waals surface area (Å²) in [6.45, 7) is 7.47. The Morgan fingerprint density at radius 3 is 2.46 bits per heavy atom. The van der Waals surface area contributed by atoms with Crippen LogP contribution in [0.15, 0.2) is 4.47 Å². The van der Waals surface area contributed by atoms with E-state index in [4.69, 9.17) is 4.74 Å². The molecule has 1 aliphatic carbocycles. The molecule has 2 fully saturated rings. The Balaban J connectivity index is 1.90. The minimum Gasteiger partial charge on any atom is -0.463 e. The van der Waals surface area contributed by atoms with Gasteiger partial charge in [0.1, 0.15) is 0 Å². The van der Waals surface area contributed by atoms with E-state index in [2.05, 4.69) is 25.8 Å². The molecule has 5 nitrogen and oxygen atoms in total. The smallest absolute Gasteiger partial charge is 0.310 e. The number of aryl methyl sites for hydroxylation is 1. The molecule has 144 valence electrons. The monoisotopic (exact) mass is 424 g/mol. The van der Waals surface area contributed by atoms with Crippen molar-refractivity contribution < 1.29 is 14.6 Å². The molecule has 1 aromatic heterocycles. The van der Waals surface area contributed by atoms with E-state index in [1.165, 1.54) is 32.1 Å². The van der Waals surface area contributed by atoms with E-state index in [9.17, 15) is 9.90 Å². The van der Waals surface area contributed by atoms with Gasteiger partial charge in [-0.15, -0.1) is 0 Å². The van der Waals surface area contributed by atoms with Gasteiger partial charge in [0.05, 0.1) is 35.0 Å². The summed E-state index contributed by atoms with van der Waals surface area (Å²) in [5, 5.41) is 9.69. The molecule has 26 heavy (non-hydrogen) atoms. The first kappa shape index (κ1) is 19.6.